The highest BCUT2D eigenvalue weighted by atomic mass is 35.5. The highest BCUT2D eigenvalue weighted by Gasteiger charge is 2.53. The minimum atomic E-state index is -2.06. The molecule has 0 amide bonds. The first-order chi connectivity index (χ1) is 12.1. The zero-order valence-electron chi connectivity index (χ0n) is 17.0. The first-order valence-electron chi connectivity index (χ1n) is 9.43. The van der Waals surface area contributed by atoms with Crippen LogP contribution in [0.1, 0.15) is 41.5 Å². The molecule has 0 N–H and O–H groups in total. The monoisotopic (exact) mass is 397 g/mol. The smallest absolute Gasteiger partial charge is 0.331 e. The van der Waals surface area contributed by atoms with Crippen molar-refractivity contribution in [1.29, 1.82) is 0 Å². The number of methoxy groups -OCH3 is 1. The number of halogens is 1. The van der Waals surface area contributed by atoms with E-state index in [4.69, 9.17) is 20.8 Å². The van der Waals surface area contributed by atoms with Crippen LogP contribution in [-0.2, 0) is 14.0 Å². The van der Waals surface area contributed by atoms with E-state index in [0.29, 0.717) is 28.2 Å². The van der Waals surface area contributed by atoms with E-state index in [1.165, 1.54) is 7.11 Å². The number of anilines is 1. The van der Waals surface area contributed by atoms with E-state index >= 15 is 0 Å². The first kappa shape index (κ1) is 21.3. The lowest BCUT2D eigenvalue weighted by atomic mass is 9.98. The van der Waals surface area contributed by atoms with Gasteiger partial charge in [0.15, 0.2) is 6.04 Å². The van der Waals surface area contributed by atoms with Crippen LogP contribution in [0.2, 0.25) is 21.6 Å². The molecule has 0 aliphatic carbocycles. The number of carbonyl (C=O) groups is 1. The van der Waals surface area contributed by atoms with Crippen molar-refractivity contribution in [2.24, 2.45) is 0 Å². The number of ether oxygens (including phenoxy) is 1. The van der Waals surface area contributed by atoms with Crippen molar-refractivity contribution in [3.05, 3.63) is 29.3 Å². The molecular formula is C20H32ClNO3Si. The van der Waals surface area contributed by atoms with E-state index in [9.17, 15) is 4.79 Å². The van der Waals surface area contributed by atoms with Crippen molar-refractivity contribution in [2.75, 3.05) is 18.6 Å². The summed E-state index contributed by atoms with van der Waals surface area (Å²) in [6.45, 7) is 14.3. The van der Waals surface area contributed by atoms with Crippen LogP contribution < -0.4 is 4.90 Å². The van der Waals surface area contributed by atoms with Gasteiger partial charge < -0.3 is 14.1 Å². The molecule has 4 nitrogen and oxygen atoms in total. The molecule has 1 fully saturated rings. The Labute approximate surface area is 163 Å². The number of hydrogen-bond acceptors (Lipinski definition) is 4. The average molecular weight is 398 g/mol. The van der Waals surface area contributed by atoms with Crippen molar-refractivity contribution >= 4 is 31.6 Å². The molecule has 6 heteroatoms. The van der Waals surface area contributed by atoms with E-state index in [2.05, 4.69) is 41.5 Å². The first-order valence-corrected chi connectivity index (χ1v) is 11.9. The number of rotatable bonds is 7. The van der Waals surface area contributed by atoms with Gasteiger partial charge in [-0.05, 0) is 40.9 Å². The van der Waals surface area contributed by atoms with Gasteiger partial charge in [0.25, 0.3) is 0 Å². The van der Waals surface area contributed by atoms with Gasteiger partial charge >= 0.3 is 5.97 Å². The predicted octanol–water partition coefficient (Wildman–Crippen LogP) is 5.26. The van der Waals surface area contributed by atoms with Gasteiger partial charge in [0.2, 0.25) is 8.32 Å². The van der Waals surface area contributed by atoms with E-state index < -0.39 is 14.4 Å². The second kappa shape index (κ2) is 8.32. The van der Waals surface area contributed by atoms with Crippen LogP contribution in [0.5, 0.6) is 0 Å². The molecule has 0 aromatic heterocycles. The quantitative estimate of drug-likeness (QED) is 0.464. The summed E-state index contributed by atoms with van der Waals surface area (Å²) in [6, 6.07) is 7.16. The highest BCUT2D eigenvalue weighted by Crippen LogP contribution is 2.45. The maximum atomic E-state index is 12.5. The molecule has 0 radical (unpaired) electrons. The molecule has 1 saturated heterocycles. The van der Waals surface area contributed by atoms with Crippen molar-refractivity contribution in [3.63, 3.8) is 0 Å². The van der Waals surface area contributed by atoms with Crippen LogP contribution in [0.3, 0.4) is 0 Å². The zero-order chi connectivity index (χ0) is 19.6. The standard InChI is InChI=1S/C20H32ClNO3Si/c1-13(2)26(14(3)4,15(5)6)25-18-12-22(19(18)20(23)24-7)17-10-8-16(21)9-11-17/h8-11,13-15,18-19H,12H2,1-7H3. The summed E-state index contributed by atoms with van der Waals surface area (Å²) < 4.78 is 11.9. The largest absolute Gasteiger partial charge is 0.467 e. The Morgan fingerprint density at radius 2 is 1.58 bits per heavy atom. The topological polar surface area (TPSA) is 38.8 Å². The van der Waals surface area contributed by atoms with Crippen molar-refractivity contribution in [2.45, 2.75) is 70.3 Å². The molecule has 2 unspecified atom stereocenters. The molecule has 1 heterocycles. The van der Waals surface area contributed by atoms with Gasteiger partial charge in [-0.2, -0.15) is 0 Å². The van der Waals surface area contributed by atoms with Crippen molar-refractivity contribution in [3.8, 4) is 0 Å². The Morgan fingerprint density at radius 3 is 2.00 bits per heavy atom. The molecule has 0 saturated carbocycles. The molecule has 26 heavy (non-hydrogen) atoms. The molecule has 146 valence electrons. The Balaban J connectivity index is 2.28. The molecule has 2 rings (SSSR count). The van der Waals surface area contributed by atoms with E-state index in [1.54, 1.807) is 0 Å². The van der Waals surface area contributed by atoms with Crippen LogP contribution in [0.4, 0.5) is 5.69 Å². The molecular weight excluding hydrogens is 366 g/mol. The fourth-order valence-electron chi connectivity index (χ4n) is 4.54. The van der Waals surface area contributed by atoms with E-state index in [1.807, 2.05) is 29.2 Å². The summed E-state index contributed by atoms with van der Waals surface area (Å²) in [4.78, 5) is 14.5. The van der Waals surface area contributed by atoms with Gasteiger partial charge in [-0.3, -0.25) is 0 Å². The second-order valence-corrected chi connectivity index (χ2v) is 13.9. The maximum Gasteiger partial charge on any atom is 0.331 e. The number of esters is 1. The van der Waals surface area contributed by atoms with Crippen LogP contribution in [0, 0.1) is 0 Å². The van der Waals surface area contributed by atoms with Crippen molar-refractivity contribution in [1.82, 2.24) is 0 Å². The number of hydrogen-bond donors (Lipinski definition) is 0. The minimum absolute atomic E-state index is 0.128. The van der Waals surface area contributed by atoms with Gasteiger partial charge in [0.1, 0.15) is 0 Å². The van der Waals surface area contributed by atoms with E-state index in [0.717, 1.165) is 5.69 Å². The van der Waals surface area contributed by atoms with Gasteiger partial charge in [-0.25, -0.2) is 4.79 Å². The van der Waals surface area contributed by atoms with Crippen LogP contribution in [0.25, 0.3) is 0 Å². The average Bonchev–Trinajstić information content (AvgIpc) is 2.54. The summed E-state index contributed by atoms with van der Waals surface area (Å²) in [7, 11) is -0.616. The molecule has 2 atom stereocenters. The van der Waals surface area contributed by atoms with Crippen LogP contribution in [-0.4, -0.2) is 40.1 Å². The fourth-order valence-corrected chi connectivity index (χ4v) is 10.2. The molecule has 1 aromatic carbocycles. The van der Waals surface area contributed by atoms with Crippen molar-refractivity contribution < 1.29 is 14.0 Å². The Kier molecular flexibility index (Phi) is 6.80. The Bertz CT molecular complexity index is 596. The molecule has 1 aliphatic heterocycles. The zero-order valence-corrected chi connectivity index (χ0v) is 18.7. The summed E-state index contributed by atoms with van der Waals surface area (Å²) >= 11 is 5.99. The highest BCUT2D eigenvalue weighted by molar-refractivity contribution is 6.77. The normalized spacial score (nSPS) is 20.7. The molecule has 1 aliphatic rings. The summed E-state index contributed by atoms with van der Waals surface area (Å²) in [5.74, 6) is -0.240. The molecule has 1 aromatic rings. The molecule has 0 bridgehead atoms. The minimum Gasteiger partial charge on any atom is -0.467 e. The Morgan fingerprint density at radius 1 is 1.08 bits per heavy atom. The van der Waals surface area contributed by atoms with Gasteiger partial charge in [0, 0.05) is 17.3 Å². The number of benzene rings is 1. The summed E-state index contributed by atoms with van der Waals surface area (Å²) in [5.41, 5.74) is 2.40. The lowest BCUT2D eigenvalue weighted by molar-refractivity contribution is -0.147. The molecule has 0 spiro atoms. The fraction of sp³-hybridized carbons (Fsp3) is 0.650. The van der Waals surface area contributed by atoms with Crippen LogP contribution >= 0.6 is 11.6 Å². The lowest BCUT2D eigenvalue weighted by Crippen LogP contribution is -2.69. The van der Waals surface area contributed by atoms with Gasteiger partial charge in [-0.15, -0.1) is 0 Å². The third kappa shape index (κ3) is 3.80. The Hall–Kier alpha value is -1.04. The predicted molar refractivity (Wildman–Crippen MR) is 111 cm³/mol. The van der Waals surface area contributed by atoms with E-state index in [-0.39, 0.29) is 12.1 Å². The lowest BCUT2D eigenvalue weighted by Gasteiger charge is -2.53. The third-order valence-electron chi connectivity index (χ3n) is 5.73. The van der Waals surface area contributed by atoms with Gasteiger partial charge in [0.05, 0.1) is 13.2 Å². The van der Waals surface area contributed by atoms with Crippen LogP contribution in [0.15, 0.2) is 24.3 Å². The maximum absolute atomic E-state index is 12.5. The third-order valence-corrected chi connectivity index (χ3v) is 12.1. The number of nitrogens with zero attached hydrogens (tertiary/aromatic N) is 1. The number of carbonyl (C=O) groups excluding carboxylic acids is 1. The second-order valence-electron chi connectivity index (χ2n) is 8.07. The van der Waals surface area contributed by atoms with Gasteiger partial charge in [-0.1, -0.05) is 53.1 Å². The summed E-state index contributed by atoms with van der Waals surface area (Å²) in [6.07, 6.45) is -0.128. The SMILES string of the molecule is COC(=O)C1C(O[Si](C(C)C)(C(C)C)C(C)C)CN1c1ccc(Cl)cc1. The summed E-state index contributed by atoms with van der Waals surface area (Å²) in [5, 5.41) is 0.683.